The van der Waals surface area contributed by atoms with Crippen LogP contribution in [-0.4, -0.2) is 57.2 Å². The Hall–Kier alpha value is -3.29. The summed E-state index contributed by atoms with van der Waals surface area (Å²) in [5.74, 6) is -0.339. The second kappa shape index (κ2) is 8.83. The summed E-state index contributed by atoms with van der Waals surface area (Å²) in [6.07, 6.45) is -0.643. The van der Waals surface area contributed by atoms with Gasteiger partial charge >= 0.3 is 5.97 Å². The highest BCUT2D eigenvalue weighted by Gasteiger charge is 2.43. The van der Waals surface area contributed by atoms with Gasteiger partial charge in [-0.2, -0.15) is 0 Å². The second-order valence-electron chi connectivity index (χ2n) is 7.60. The number of amides is 1. The van der Waals surface area contributed by atoms with Crippen LogP contribution in [0, 0.1) is 11.7 Å². The van der Waals surface area contributed by atoms with E-state index in [0.29, 0.717) is 48.9 Å². The topological polar surface area (TPSA) is 68.3 Å². The Kier molecular flexibility index (Phi) is 5.97. The summed E-state index contributed by atoms with van der Waals surface area (Å²) in [6, 6.07) is 11.9. The highest BCUT2D eigenvalue weighted by molar-refractivity contribution is 5.87. The zero-order chi connectivity index (χ0) is 22.0. The van der Waals surface area contributed by atoms with Gasteiger partial charge in [-0.05, 0) is 29.8 Å². The standard InChI is InChI=1S/C23H25FN2O5/c1-29-19-8-7-15(13-20(19)30-2)22-16(14-21(27)31-22)23(28)26-11-9-25(10-12-26)18-6-4-3-5-17(18)24/h3-8,13,16,22H,9-12,14H2,1-2H3/t16-,22+/m0/s1. The van der Waals surface area contributed by atoms with Crippen LogP contribution in [0.15, 0.2) is 42.5 Å². The van der Waals surface area contributed by atoms with E-state index in [0.717, 1.165) is 0 Å². The Bertz CT molecular complexity index is 974. The molecule has 2 aromatic carbocycles. The summed E-state index contributed by atoms with van der Waals surface area (Å²) < 4.78 is 30.2. The van der Waals surface area contributed by atoms with Crippen LogP contribution in [0.25, 0.3) is 0 Å². The Morgan fingerprint density at radius 1 is 1.03 bits per heavy atom. The first-order valence-corrected chi connectivity index (χ1v) is 10.2. The normalized spacial score (nSPS) is 21.1. The van der Waals surface area contributed by atoms with Crippen LogP contribution < -0.4 is 14.4 Å². The molecule has 8 heteroatoms. The van der Waals surface area contributed by atoms with Gasteiger partial charge in [-0.3, -0.25) is 9.59 Å². The monoisotopic (exact) mass is 428 g/mol. The van der Waals surface area contributed by atoms with Gasteiger partial charge < -0.3 is 24.0 Å². The van der Waals surface area contributed by atoms with E-state index in [4.69, 9.17) is 14.2 Å². The average molecular weight is 428 g/mol. The maximum Gasteiger partial charge on any atom is 0.307 e. The molecule has 31 heavy (non-hydrogen) atoms. The molecule has 4 rings (SSSR count). The molecule has 2 aromatic rings. The first kappa shape index (κ1) is 21.0. The molecule has 0 bridgehead atoms. The van der Waals surface area contributed by atoms with Crippen LogP contribution in [0.1, 0.15) is 18.1 Å². The fourth-order valence-electron chi connectivity index (χ4n) is 4.22. The van der Waals surface area contributed by atoms with E-state index in [9.17, 15) is 14.0 Å². The summed E-state index contributed by atoms with van der Waals surface area (Å²) in [5, 5.41) is 0. The number of benzene rings is 2. The minimum absolute atomic E-state index is 0.0331. The van der Waals surface area contributed by atoms with Crippen molar-refractivity contribution < 1.29 is 28.2 Å². The fraction of sp³-hybridized carbons (Fsp3) is 0.391. The van der Waals surface area contributed by atoms with E-state index in [2.05, 4.69) is 0 Å². The molecular formula is C23H25FN2O5. The summed E-state index contributed by atoms with van der Waals surface area (Å²) in [7, 11) is 3.07. The van der Waals surface area contributed by atoms with E-state index in [1.54, 1.807) is 48.4 Å². The first-order chi connectivity index (χ1) is 15.0. The molecule has 2 aliphatic rings. The molecule has 2 fully saturated rings. The molecule has 0 N–H and O–H groups in total. The molecular weight excluding hydrogens is 403 g/mol. The van der Waals surface area contributed by atoms with Gasteiger partial charge in [-0.25, -0.2) is 4.39 Å². The third-order valence-corrected chi connectivity index (χ3v) is 5.85. The summed E-state index contributed by atoms with van der Waals surface area (Å²) in [5.41, 5.74) is 1.23. The minimum atomic E-state index is -0.676. The summed E-state index contributed by atoms with van der Waals surface area (Å²) >= 11 is 0. The second-order valence-corrected chi connectivity index (χ2v) is 7.60. The van der Waals surface area contributed by atoms with Gasteiger partial charge in [0.15, 0.2) is 11.5 Å². The number of methoxy groups -OCH3 is 2. The van der Waals surface area contributed by atoms with Gasteiger partial charge in [-0.1, -0.05) is 18.2 Å². The molecule has 2 atom stereocenters. The Labute approximate surface area is 180 Å². The highest BCUT2D eigenvalue weighted by atomic mass is 19.1. The smallest absolute Gasteiger partial charge is 0.307 e. The van der Waals surface area contributed by atoms with Crippen LogP contribution in [0.4, 0.5) is 10.1 Å². The largest absolute Gasteiger partial charge is 0.493 e. The molecule has 2 saturated heterocycles. The zero-order valence-electron chi connectivity index (χ0n) is 17.5. The van der Waals surface area contributed by atoms with E-state index < -0.39 is 18.0 Å². The number of nitrogens with zero attached hydrogens (tertiary/aromatic N) is 2. The van der Waals surface area contributed by atoms with E-state index >= 15 is 0 Å². The van der Waals surface area contributed by atoms with E-state index in [1.165, 1.54) is 13.2 Å². The number of cyclic esters (lactones) is 1. The van der Waals surface area contributed by atoms with Crippen molar-refractivity contribution in [2.45, 2.75) is 12.5 Å². The number of esters is 1. The van der Waals surface area contributed by atoms with Gasteiger partial charge in [0.1, 0.15) is 11.9 Å². The molecule has 2 aliphatic heterocycles. The van der Waals surface area contributed by atoms with Gasteiger partial charge in [0.2, 0.25) is 5.91 Å². The Balaban J connectivity index is 1.48. The van der Waals surface area contributed by atoms with Crippen molar-refractivity contribution in [3.8, 4) is 11.5 Å². The molecule has 2 heterocycles. The number of carbonyl (C=O) groups is 2. The number of para-hydroxylation sites is 1. The number of carbonyl (C=O) groups excluding carboxylic acids is 2. The van der Waals surface area contributed by atoms with Gasteiger partial charge in [0.25, 0.3) is 0 Å². The van der Waals surface area contributed by atoms with Crippen molar-refractivity contribution >= 4 is 17.6 Å². The van der Waals surface area contributed by atoms with E-state index in [1.807, 2.05) is 4.90 Å². The number of rotatable bonds is 5. The highest BCUT2D eigenvalue weighted by Crippen LogP contribution is 2.40. The first-order valence-electron chi connectivity index (χ1n) is 10.2. The average Bonchev–Trinajstić information content (AvgIpc) is 3.20. The molecule has 0 unspecified atom stereocenters. The molecule has 0 spiro atoms. The van der Waals surface area contributed by atoms with Crippen LogP contribution in [-0.2, 0) is 14.3 Å². The maximum atomic E-state index is 14.1. The Morgan fingerprint density at radius 3 is 2.42 bits per heavy atom. The SMILES string of the molecule is COc1ccc([C@H]2OC(=O)C[C@@H]2C(=O)N2CCN(c3ccccc3F)CC2)cc1OC. The zero-order valence-corrected chi connectivity index (χ0v) is 17.5. The lowest BCUT2D eigenvalue weighted by Gasteiger charge is -2.37. The van der Waals surface area contributed by atoms with Crippen molar-refractivity contribution in [3.05, 3.63) is 53.8 Å². The van der Waals surface area contributed by atoms with Crippen molar-refractivity contribution in [1.82, 2.24) is 4.90 Å². The van der Waals surface area contributed by atoms with Crippen molar-refractivity contribution in [2.75, 3.05) is 45.3 Å². The van der Waals surface area contributed by atoms with Crippen molar-refractivity contribution in [3.63, 3.8) is 0 Å². The van der Waals surface area contributed by atoms with Crippen LogP contribution in [0.3, 0.4) is 0 Å². The third-order valence-electron chi connectivity index (χ3n) is 5.85. The number of ether oxygens (including phenoxy) is 3. The number of halogens is 1. The molecule has 164 valence electrons. The number of piperazine rings is 1. The molecule has 0 aliphatic carbocycles. The van der Waals surface area contributed by atoms with Crippen LogP contribution in [0.5, 0.6) is 11.5 Å². The molecule has 0 aromatic heterocycles. The molecule has 0 radical (unpaired) electrons. The predicted molar refractivity (Wildman–Crippen MR) is 112 cm³/mol. The lowest BCUT2D eigenvalue weighted by atomic mass is 9.93. The number of hydrogen-bond donors (Lipinski definition) is 0. The van der Waals surface area contributed by atoms with Gasteiger partial charge in [-0.15, -0.1) is 0 Å². The molecule has 7 nitrogen and oxygen atoms in total. The predicted octanol–water partition coefficient (Wildman–Crippen LogP) is 2.80. The third kappa shape index (κ3) is 4.15. The lowest BCUT2D eigenvalue weighted by Crippen LogP contribution is -2.51. The molecule has 0 saturated carbocycles. The van der Waals surface area contributed by atoms with Gasteiger partial charge in [0.05, 0.1) is 32.2 Å². The Morgan fingerprint density at radius 2 is 1.74 bits per heavy atom. The number of anilines is 1. The van der Waals surface area contributed by atoms with Crippen molar-refractivity contribution in [1.29, 1.82) is 0 Å². The quantitative estimate of drug-likeness (QED) is 0.683. The van der Waals surface area contributed by atoms with Crippen LogP contribution in [0.2, 0.25) is 0 Å². The molecule has 1 amide bonds. The summed E-state index contributed by atoms with van der Waals surface area (Å²) in [6.45, 7) is 1.96. The number of hydrogen-bond acceptors (Lipinski definition) is 6. The van der Waals surface area contributed by atoms with E-state index in [-0.39, 0.29) is 18.1 Å². The lowest BCUT2D eigenvalue weighted by molar-refractivity contribution is -0.142. The van der Waals surface area contributed by atoms with Crippen molar-refractivity contribution in [2.24, 2.45) is 5.92 Å². The minimum Gasteiger partial charge on any atom is -0.493 e. The van der Waals surface area contributed by atoms with Gasteiger partial charge in [0, 0.05) is 26.2 Å². The fourth-order valence-corrected chi connectivity index (χ4v) is 4.22. The maximum absolute atomic E-state index is 14.1. The summed E-state index contributed by atoms with van der Waals surface area (Å²) in [4.78, 5) is 29.0. The van der Waals surface area contributed by atoms with Crippen LogP contribution >= 0.6 is 0 Å².